The Bertz CT molecular complexity index is 355. The highest BCUT2D eigenvalue weighted by Gasteiger charge is 2.42. The van der Waals surface area contributed by atoms with E-state index in [1.807, 2.05) is 0 Å². The van der Waals surface area contributed by atoms with Gasteiger partial charge < -0.3 is 15.3 Å². The molecule has 2 rings (SSSR count). The normalized spacial score (nSPS) is 27.5. The van der Waals surface area contributed by atoms with Crippen LogP contribution in [0.2, 0.25) is 0 Å². The topological polar surface area (TPSA) is 86.7 Å². The van der Waals surface area contributed by atoms with Crippen LogP contribution < -0.4 is 5.32 Å². The molecule has 2 amide bonds. The molecule has 0 saturated carbocycles. The highest BCUT2D eigenvalue weighted by atomic mass is 16.4. The minimum atomic E-state index is -0.965. The molecule has 6 heteroatoms. The van der Waals surface area contributed by atoms with Gasteiger partial charge in [-0.1, -0.05) is 0 Å². The maximum absolute atomic E-state index is 11.9. The van der Waals surface area contributed by atoms with Gasteiger partial charge in [-0.3, -0.25) is 14.4 Å². The average molecular weight is 240 g/mol. The van der Waals surface area contributed by atoms with Crippen molar-refractivity contribution in [2.24, 2.45) is 5.92 Å². The van der Waals surface area contributed by atoms with Gasteiger partial charge in [0.1, 0.15) is 0 Å². The van der Waals surface area contributed by atoms with Crippen molar-refractivity contribution in [3.63, 3.8) is 0 Å². The lowest BCUT2D eigenvalue weighted by molar-refractivity contribution is -0.143. The van der Waals surface area contributed by atoms with E-state index in [9.17, 15) is 14.4 Å². The van der Waals surface area contributed by atoms with E-state index in [1.165, 1.54) is 0 Å². The van der Waals surface area contributed by atoms with Gasteiger partial charge in [-0.25, -0.2) is 0 Å². The molecule has 2 heterocycles. The number of nitrogens with zero attached hydrogens (tertiary/aromatic N) is 1. The predicted molar refractivity (Wildman–Crippen MR) is 58.1 cm³/mol. The number of carbonyl (C=O) groups excluding carboxylic acids is 2. The number of carboxylic acid groups (broad SMARTS) is 1. The fourth-order valence-corrected chi connectivity index (χ4v) is 2.62. The molecule has 6 nitrogen and oxygen atoms in total. The third kappa shape index (κ3) is 2.40. The largest absolute Gasteiger partial charge is 0.481 e. The summed E-state index contributed by atoms with van der Waals surface area (Å²) >= 11 is 0. The fraction of sp³-hybridized carbons (Fsp3) is 0.727. The number of carbonyl (C=O) groups is 3. The van der Waals surface area contributed by atoms with Crippen LogP contribution in [-0.2, 0) is 14.4 Å². The summed E-state index contributed by atoms with van der Waals surface area (Å²) in [6, 6.07) is -0.0717. The Labute approximate surface area is 99.0 Å². The van der Waals surface area contributed by atoms with Crippen LogP contribution in [0.5, 0.6) is 0 Å². The van der Waals surface area contributed by atoms with E-state index in [0.29, 0.717) is 13.1 Å². The fourth-order valence-electron chi connectivity index (χ4n) is 2.62. The second-order valence-electron chi connectivity index (χ2n) is 4.54. The van der Waals surface area contributed by atoms with Gasteiger partial charge in [0.25, 0.3) is 0 Å². The van der Waals surface area contributed by atoms with Gasteiger partial charge in [0.2, 0.25) is 11.8 Å². The number of hydrogen-bond acceptors (Lipinski definition) is 3. The Morgan fingerprint density at radius 2 is 2.18 bits per heavy atom. The quantitative estimate of drug-likeness (QED) is 0.702. The number of hydrogen-bond donors (Lipinski definition) is 2. The highest BCUT2D eigenvalue weighted by Crippen LogP contribution is 2.27. The van der Waals surface area contributed by atoms with Crippen LogP contribution in [0, 0.1) is 5.92 Å². The van der Waals surface area contributed by atoms with E-state index >= 15 is 0 Å². The number of nitrogens with one attached hydrogen (secondary N) is 1. The first-order chi connectivity index (χ1) is 8.09. The Balaban J connectivity index is 1.98. The molecule has 0 radical (unpaired) electrons. The Hall–Kier alpha value is -1.59. The molecule has 2 saturated heterocycles. The zero-order chi connectivity index (χ0) is 12.4. The van der Waals surface area contributed by atoms with Crippen molar-refractivity contribution in [2.45, 2.75) is 31.7 Å². The third-order valence-electron chi connectivity index (χ3n) is 3.47. The number of aliphatic carboxylic acids is 1. The minimum Gasteiger partial charge on any atom is -0.481 e. The van der Waals surface area contributed by atoms with Gasteiger partial charge in [0.05, 0.1) is 18.4 Å². The number of amides is 2. The standard InChI is InChI=1S/C11H16N2O4/c14-9(3-4-10(15)16)13-5-1-2-7-8(13)6-12-11(7)17/h7-8H,1-6H2,(H,12,17)(H,15,16). The molecule has 2 fully saturated rings. The van der Waals surface area contributed by atoms with Crippen LogP contribution in [0.15, 0.2) is 0 Å². The van der Waals surface area contributed by atoms with E-state index in [1.54, 1.807) is 4.90 Å². The van der Waals surface area contributed by atoms with E-state index in [-0.39, 0.29) is 36.6 Å². The summed E-state index contributed by atoms with van der Waals surface area (Å²) < 4.78 is 0. The third-order valence-corrected chi connectivity index (χ3v) is 3.47. The van der Waals surface area contributed by atoms with Crippen LogP contribution >= 0.6 is 0 Å². The minimum absolute atomic E-state index is 0.0192. The molecule has 0 aromatic heterocycles. The zero-order valence-corrected chi connectivity index (χ0v) is 9.52. The van der Waals surface area contributed by atoms with E-state index in [2.05, 4.69) is 5.32 Å². The summed E-state index contributed by atoms with van der Waals surface area (Å²) in [5.41, 5.74) is 0. The summed E-state index contributed by atoms with van der Waals surface area (Å²) in [5, 5.41) is 11.3. The lowest BCUT2D eigenvalue weighted by atomic mass is 9.91. The molecule has 0 spiro atoms. The molecule has 2 aliphatic heterocycles. The molecule has 0 aromatic rings. The van der Waals surface area contributed by atoms with Gasteiger partial charge in [-0.15, -0.1) is 0 Å². The molecular formula is C11H16N2O4. The molecule has 94 valence electrons. The van der Waals surface area contributed by atoms with Crippen LogP contribution in [0.3, 0.4) is 0 Å². The molecule has 2 N–H and O–H groups in total. The monoisotopic (exact) mass is 240 g/mol. The maximum Gasteiger partial charge on any atom is 0.303 e. The molecule has 0 aromatic carbocycles. The van der Waals surface area contributed by atoms with Crippen molar-refractivity contribution >= 4 is 17.8 Å². The SMILES string of the molecule is O=C(O)CCC(=O)N1CCCC2C(=O)NCC21. The second-order valence-corrected chi connectivity index (χ2v) is 4.54. The number of piperidine rings is 1. The average Bonchev–Trinajstić information content (AvgIpc) is 2.68. The molecule has 17 heavy (non-hydrogen) atoms. The van der Waals surface area contributed by atoms with Crippen molar-refractivity contribution in [3.8, 4) is 0 Å². The first-order valence-electron chi connectivity index (χ1n) is 5.88. The first kappa shape index (κ1) is 11.9. The number of rotatable bonds is 3. The van der Waals surface area contributed by atoms with Gasteiger partial charge in [-0.05, 0) is 12.8 Å². The van der Waals surface area contributed by atoms with Gasteiger partial charge in [-0.2, -0.15) is 0 Å². The van der Waals surface area contributed by atoms with Crippen molar-refractivity contribution in [2.75, 3.05) is 13.1 Å². The van der Waals surface area contributed by atoms with E-state index < -0.39 is 5.97 Å². The molecule has 0 aliphatic carbocycles. The molecular weight excluding hydrogens is 224 g/mol. The zero-order valence-electron chi connectivity index (χ0n) is 9.52. The lowest BCUT2D eigenvalue weighted by Gasteiger charge is -2.35. The van der Waals surface area contributed by atoms with Crippen molar-refractivity contribution in [3.05, 3.63) is 0 Å². The van der Waals surface area contributed by atoms with Gasteiger partial charge in [0.15, 0.2) is 0 Å². The van der Waals surface area contributed by atoms with E-state index in [4.69, 9.17) is 5.11 Å². The summed E-state index contributed by atoms with van der Waals surface area (Å²) in [4.78, 5) is 35.5. The smallest absolute Gasteiger partial charge is 0.303 e. The Kier molecular flexibility index (Phi) is 3.31. The second kappa shape index (κ2) is 4.73. The summed E-state index contributed by atoms with van der Waals surface area (Å²) in [6.07, 6.45) is 1.51. The molecule has 0 bridgehead atoms. The predicted octanol–water partition coefficient (Wildman–Crippen LogP) is -0.412. The molecule has 2 atom stereocenters. The number of fused-ring (bicyclic) bond motifs is 1. The lowest BCUT2D eigenvalue weighted by Crippen LogP contribution is -2.48. The van der Waals surface area contributed by atoms with Crippen LogP contribution in [-0.4, -0.2) is 46.9 Å². The number of carboxylic acids is 1. The molecule has 2 unspecified atom stereocenters. The first-order valence-corrected chi connectivity index (χ1v) is 5.88. The summed E-state index contributed by atoms with van der Waals surface area (Å²) in [7, 11) is 0. The number of likely N-dealkylation sites (tertiary alicyclic amines) is 1. The van der Waals surface area contributed by atoms with Crippen molar-refractivity contribution in [1.29, 1.82) is 0 Å². The Morgan fingerprint density at radius 3 is 2.88 bits per heavy atom. The Morgan fingerprint density at radius 1 is 1.41 bits per heavy atom. The molecule has 2 aliphatic rings. The van der Waals surface area contributed by atoms with Crippen molar-refractivity contribution < 1.29 is 19.5 Å². The van der Waals surface area contributed by atoms with Gasteiger partial charge in [0, 0.05) is 19.5 Å². The van der Waals surface area contributed by atoms with Crippen molar-refractivity contribution in [1.82, 2.24) is 10.2 Å². The summed E-state index contributed by atoms with van der Waals surface area (Å²) in [5.74, 6) is -1.20. The maximum atomic E-state index is 11.9. The van der Waals surface area contributed by atoms with Crippen LogP contribution in [0.1, 0.15) is 25.7 Å². The van der Waals surface area contributed by atoms with Crippen LogP contribution in [0.4, 0.5) is 0 Å². The van der Waals surface area contributed by atoms with E-state index in [0.717, 1.165) is 12.8 Å². The highest BCUT2D eigenvalue weighted by molar-refractivity contribution is 5.85. The van der Waals surface area contributed by atoms with Crippen LogP contribution in [0.25, 0.3) is 0 Å². The van der Waals surface area contributed by atoms with Gasteiger partial charge >= 0.3 is 5.97 Å². The summed E-state index contributed by atoms with van der Waals surface area (Å²) in [6.45, 7) is 1.14.